The van der Waals surface area contributed by atoms with Crippen molar-refractivity contribution in [3.05, 3.63) is 77.1 Å². The van der Waals surface area contributed by atoms with Crippen LogP contribution in [0.5, 0.6) is 5.75 Å². The molecule has 1 aliphatic carbocycles. The van der Waals surface area contributed by atoms with E-state index in [0.717, 1.165) is 49.1 Å². The third-order valence-electron chi connectivity index (χ3n) is 5.55. The van der Waals surface area contributed by atoms with Gasteiger partial charge < -0.3 is 10.1 Å². The number of aryl methyl sites for hydroxylation is 1. The summed E-state index contributed by atoms with van der Waals surface area (Å²) in [5.74, 6) is 0.790. The van der Waals surface area contributed by atoms with Gasteiger partial charge in [-0.3, -0.25) is 4.79 Å². The van der Waals surface area contributed by atoms with Crippen LogP contribution in [0.3, 0.4) is 0 Å². The summed E-state index contributed by atoms with van der Waals surface area (Å²) in [5.41, 5.74) is 5.11. The van der Waals surface area contributed by atoms with E-state index in [9.17, 15) is 4.79 Å². The zero-order chi connectivity index (χ0) is 20.2. The van der Waals surface area contributed by atoms with Crippen molar-refractivity contribution >= 4 is 5.91 Å². The average molecular weight is 389 g/mol. The number of ether oxygens (including phenoxy) is 1. The Morgan fingerprint density at radius 1 is 1.14 bits per heavy atom. The maximum absolute atomic E-state index is 13.0. The van der Waals surface area contributed by atoms with Crippen LogP contribution in [0.25, 0.3) is 5.69 Å². The smallest absolute Gasteiger partial charge is 0.272 e. The van der Waals surface area contributed by atoms with Gasteiger partial charge in [-0.05, 0) is 68.9 Å². The molecule has 1 N–H and O–H groups in total. The summed E-state index contributed by atoms with van der Waals surface area (Å²) in [5, 5.41) is 7.83. The zero-order valence-corrected chi connectivity index (χ0v) is 17.0. The number of hydrogen-bond donors (Lipinski definition) is 1. The van der Waals surface area contributed by atoms with Gasteiger partial charge in [-0.2, -0.15) is 5.10 Å². The lowest BCUT2D eigenvalue weighted by molar-refractivity contribution is 0.0932. The lowest BCUT2D eigenvalue weighted by Crippen LogP contribution is -2.33. The summed E-state index contributed by atoms with van der Waals surface area (Å²) in [7, 11) is 1.67. The minimum Gasteiger partial charge on any atom is -0.497 e. The highest BCUT2D eigenvalue weighted by molar-refractivity contribution is 5.94. The third kappa shape index (κ3) is 4.19. The molecule has 0 spiro atoms. The topological polar surface area (TPSA) is 56.1 Å². The lowest BCUT2D eigenvalue weighted by Gasteiger charge is -2.13. The fourth-order valence-electron chi connectivity index (χ4n) is 3.94. The minimum absolute atomic E-state index is 0.0694. The van der Waals surface area contributed by atoms with E-state index >= 15 is 0 Å². The summed E-state index contributed by atoms with van der Waals surface area (Å²) in [4.78, 5) is 13.0. The molecule has 1 atom stereocenters. The van der Waals surface area contributed by atoms with E-state index in [1.165, 1.54) is 11.3 Å². The van der Waals surface area contributed by atoms with Crippen LogP contribution >= 0.6 is 0 Å². The van der Waals surface area contributed by atoms with Crippen LogP contribution in [0, 0.1) is 0 Å². The summed E-state index contributed by atoms with van der Waals surface area (Å²) in [6, 6.07) is 18.2. The predicted octanol–water partition coefficient (Wildman–Crippen LogP) is 4.12. The van der Waals surface area contributed by atoms with Gasteiger partial charge in [0.2, 0.25) is 0 Å². The van der Waals surface area contributed by atoms with Crippen LogP contribution in [0.2, 0.25) is 0 Å². The van der Waals surface area contributed by atoms with Gasteiger partial charge >= 0.3 is 0 Å². The molecule has 3 aromatic rings. The number of fused-ring (bicyclic) bond motifs is 1. The number of aromatic nitrogens is 2. The predicted molar refractivity (Wildman–Crippen MR) is 114 cm³/mol. The molecule has 1 heterocycles. The molecule has 0 fully saturated rings. The standard InChI is InChI=1S/C24H27N3O2/c1-17(11-12-18-13-15-20(29-2)16-14-18)25-24(28)23-21-9-6-10-22(21)27(26-23)19-7-4-3-5-8-19/h3-5,7-8,13-17H,6,9-12H2,1-2H3,(H,25,28). The van der Waals surface area contributed by atoms with Gasteiger partial charge in [0, 0.05) is 17.3 Å². The van der Waals surface area contributed by atoms with Gasteiger partial charge in [0.05, 0.1) is 12.8 Å². The molecule has 29 heavy (non-hydrogen) atoms. The number of benzene rings is 2. The third-order valence-corrected chi connectivity index (χ3v) is 5.55. The number of hydrogen-bond acceptors (Lipinski definition) is 3. The minimum atomic E-state index is -0.0694. The van der Waals surface area contributed by atoms with Crippen molar-refractivity contribution in [2.24, 2.45) is 0 Å². The van der Waals surface area contributed by atoms with Crippen molar-refractivity contribution in [3.8, 4) is 11.4 Å². The monoisotopic (exact) mass is 389 g/mol. The second-order valence-electron chi connectivity index (χ2n) is 7.64. The second-order valence-corrected chi connectivity index (χ2v) is 7.64. The molecule has 150 valence electrons. The molecule has 0 aliphatic heterocycles. The average Bonchev–Trinajstić information content (AvgIpc) is 3.36. The molecule has 4 rings (SSSR count). The zero-order valence-electron chi connectivity index (χ0n) is 17.0. The summed E-state index contributed by atoms with van der Waals surface area (Å²) in [6.45, 7) is 2.05. The Morgan fingerprint density at radius 3 is 2.62 bits per heavy atom. The number of nitrogens with one attached hydrogen (secondary N) is 1. The molecule has 0 saturated carbocycles. The fraction of sp³-hybridized carbons (Fsp3) is 0.333. The Kier molecular flexibility index (Phi) is 5.65. The van der Waals surface area contributed by atoms with Gasteiger partial charge in [-0.25, -0.2) is 4.68 Å². The van der Waals surface area contributed by atoms with E-state index in [1.807, 2.05) is 47.1 Å². The lowest BCUT2D eigenvalue weighted by atomic mass is 10.1. The van der Waals surface area contributed by atoms with Gasteiger partial charge in [-0.1, -0.05) is 30.3 Å². The molecule has 1 aliphatic rings. The van der Waals surface area contributed by atoms with Gasteiger partial charge in [0.15, 0.2) is 5.69 Å². The van der Waals surface area contributed by atoms with Crippen LogP contribution in [0.4, 0.5) is 0 Å². The van der Waals surface area contributed by atoms with Crippen LogP contribution in [-0.4, -0.2) is 28.8 Å². The van der Waals surface area contributed by atoms with Gasteiger partial charge in [0.1, 0.15) is 5.75 Å². The first-order valence-electron chi connectivity index (χ1n) is 10.3. The molecule has 0 bridgehead atoms. The van der Waals surface area contributed by atoms with Crippen molar-refractivity contribution in [3.63, 3.8) is 0 Å². The Morgan fingerprint density at radius 2 is 1.90 bits per heavy atom. The Labute approximate surface area is 171 Å². The molecule has 5 heteroatoms. The number of amides is 1. The molecule has 1 unspecified atom stereocenters. The Balaban J connectivity index is 1.43. The van der Waals surface area contributed by atoms with E-state index in [-0.39, 0.29) is 11.9 Å². The van der Waals surface area contributed by atoms with Gasteiger partial charge in [0.25, 0.3) is 5.91 Å². The van der Waals surface area contributed by atoms with Crippen molar-refractivity contribution in [2.45, 2.75) is 45.1 Å². The van der Waals surface area contributed by atoms with Crippen molar-refractivity contribution in [1.82, 2.24) is 15.1 Å². The van der Waals surface area contributed by atoms with Crippen LogP contribution < -0.4 is 10.1 Å². The molecule has 0 radical (unpaired) electrons. The first kappa shape index (κ1) is 19.2. The summed E-state index contributed by atoms with van der Waals surface area (Å²) in [6.07, 6.45) is 4.75. The molecule has 1 aromatic heterocycles. The van der Waals surface area contributed by atoms with Crippen LogP contribution in [-0.2, 0) is 19.3 Å². The molecule has 2 aromatic carbocycles. The van der Waals surface area contributed by atoms with Crippen LogP contribution in [0.1, 0.15) is 47.1 Å². The number of carbonyl (C=O) groups is 1. The number of methoxy groups -OCH3 is 1. The van der Waals surface area contributed by atoms with E-state index in [1.54, 1.807) is 7.11 Å². The van der Waals surface area contributed by atoms with E-state index < -0.39 is 0 Å². The van der Waals surface area contributed by atoms with E-state index in [2.05, 4.69) is 29.5 Å². The SMILES string of the molecule is COc1ccc(CCC(C)NC(=O)c2nn(-c3ccccc3)c3c2CCC3)cc1. The molecular weight excluding hydrogens is 362 g/mol. The van der Waals surface area contributed by atoms with Crippen molar-refractivity contribution in [1.29, 1.82) is 0 Å². The van der Waals surface area contributed by atoms with E-state index in [4.69, 9.17) is 4.74 Å². The number of rotatable bonds is 7. The quantitative estimate of drug-likeness (QED) is 0.661. The summed E-state index contributed by atoms with van der Waals surface area (Å²) >= 11 is 0. The van der Waals surface area contributed by atoms with Crippen molar-refractivity contribution < 1.29 is 9.53 Å². The van der Waals surface area contributed by atoms with Gasteiger partial charge in [-0.15, -0.1) is 0 Å². The first-order chi connectivity index (χ1) is 14.2. The Hall–Kier alpha value is -3.08. The highest BCUT2D eigenvalue weighted by atomic mass is 16.5. The van der Waals surface area contributed by atoms with Crippen LogP contribution in [0.15, 0.2) is 54.6 Å². The molecule has 0 saturated heterocycles. The fourth-order valence-corrected chi connectivity index (χ4v) is 3.94. The maximum atomic E-state index is 13.0. The first-order valence-corrected chi connectivity index (χ1v) is 10.3. The highest BCUT2D eigenvalue weighted by Crippen LogP contribution is 2.28. The van der Waals surface area contributed by atoms with Crippen molar-refractivity contribution in [2.75, 3.05) is 7.11 Å². The number of carbonyl (C=O) groups excluding carboxylic acids is 1. The number of para-hydroxylation sites is 1. The number of nitrogens with zero attached hydrogens (tertiary/aromatic N) is 2. The highest BCUT2D eigenvalue weighted by Gasteiger charge is 2.27. The largest absolute Gasteiger partial charge is 0.497 e. The molecule has 5 nitrogen and oxygen atoms in total. The Bertz CT molecular complexity index is 977. The summed E-state index contributed by atoms with van der Waals surface area (Å²) < 4.78 is 7.14. The molecular formula is C24H27N3O2. The van der Waals surface area contributed by atoms with E-state index in [0.29, 0.717) is 5.69 Å². The normalized spacial score (nSPS) is 13.7. The maximum Gasteiger partial charge on any atom is 0.272 e. The molecule has 1 amide bonds. The second kappa shape index (κ2) is 8.52.